The number of nitrogens with one attached hydrogen (secondary N) is 1. The summed E-state index contributed by atoms with van der Waals surface area (Å²) in [4.78, 5) is 11.3. The first-order valence-corrected chi connectivity index (χ1v) is 5.88. The summed E-state index contributed by atoms with van der Waals surface area (Å²) in [6, 6.07) is 5.61. The van der Waals surface area contributed by atoms with Crippen molar-refractivity contribution in [2.45, 2.75) is 13.3 Å². The van der Waals surface area contributed by atoms with Crippen LogP contribution >= 0.6 is 0 Å². The number of hydrogen-bond donors (Lipinski definition) is 1. The van der Waals surface area contributed by atoms with Crippen LogP contribution in [-0.2, 0) is 11.2 Å². The summed E-state index contributed by atoms with van der Waals surface area (Å²) >= 11 is 0. The van der Waals surface area contributed by atoms with Gasteiger partial charge >= 0.3 is 0 Å². The Morgan fingerprint density at radius 2 is 2.22 bits per heavy atom. The molecule has 0 fully saturated rings. The first-order valence-electron chi connectivity index (χ1n) is 5.88. The number of ether oxygens (including phenoxy) is 2. The molecule has 1 N–H and O–H groups in total. The predicted molar refractivity (Wildman–Crippen MR) is 71.1 cm³/mol. The van der Waals surface area contributed by atoms with Gasteiger partial charge in [-0.1, -0.05) is 12.1 Å². The van der Waals surface area contributed by atoms with Gasteiger partial charge in [-0.25, -0.2) is 0 Å². The smallest absolute Gasteiger partial charge is 0.257 e. The number of amides is 1. The summed E-state index contributed by atoms with van der Waals surface area (Å²) in [6.45, 7) is 6.14. The first-order chi connectivity index (χ1) is 8.71. The van der Waals surface area contributed by atoms with Crippen molar-refractivity contribution < 1.29 is 14.3 Å². The van der Waals surface area contributed by atoms with E-state index in [2.05, 4.69) is 11.9 Å². The number of methoxy groups -OCH3 is 1. The first kappa shape index (κ1) is 14.1. The van der Waals surface area contributed by atoms with Crippen LogP contribution < -0.4 is 14.8 Å². The van der Waals surface area contributed by atoms with E-state index in [4.69, 9.17) is 9.47 Å². The van der Waals surface area contributed by atoms with Crippen molar-refractivity contribution in [3.63, 3.8) is 0 Å². The lowest BCUT2D eigenvalue weighted by atomic mass is 10.1. The van der Waals surface area contributed by atoms with Crippen LogP contribution in [0.2, 0.25) is 0 Å². The Bertz CT molecular complexity index is 416. The molecule has 0 bridgehead atoms. The highest BCUT2D eigenvalue weighted by molar-refractivity contribution is 5.77. The number of allylic oxidation sites excluding steroid dienone is 1. The average molecular weight is 249 g/mol. The lowest BCUT2D eigenvalue weighted by Crippen LogP contribution is -2.28. The number of carbonyl (C=O) groups excluding carboxylic acids is 1. The molecule has 4 heteroatoms. The van der Waals surface area contributed by atoms with Gasteiger partial charge in [0.05, 0.1) is 7.11 Å². The van der Waals surface area contributed by atoms with Crippen LogP contribution in [0.1, 0.15) is 12.5 Å². The van der Waals surface area contributed by atoms with Crippen molar-refractivity contribution in [2.24, 2.45) is 0 Å². The zero-order valence-corrected chi connectivity index (χ0v) is 10.9. The Morgan fingerprint density at radius 1 is 1.44 bits per heavy atom. The molecule has 1 aromatic carbocycles. The molecule has 18 heavy (non-hydrogen) atoms. The maximum atomic E-state index is 11.3. The van der Waals surface area contributed by atoms with Crippen molar-refractivity contribution in [3.05, 3.63) is 36.4 Å². The maximum absolute atomic E-state index is 11.3. The number of likely N-dealkylation sites (N-methyl/N-ethyl adjacent to an activating group) is 1. The van der Waals surface area contributed by atoms with E-state index in [9.17, 15) is 4.79 Å². The van der Waals surface area contributed by atoms with E-state index < -0.39 is 0 Å². The van der Waals surface area contributed by atoms with E-state index >= 15 is 0 Å². The van der Waals surface area contributed by atoms with Gasteiger partial charge in [0.2, 0.25) is 0 Å². The van der Waals surface area contributed by atoms with Gasteiger partial charge in [-0.2, -0.15) is 0 Å². The monoisotopic (exact) mass is 249 g/mol. The van der Waals surface area contributed by atoms with Crippen LogP contribution in [-0.4, -0.2) is 26.2 Å². The molecule has 1 amide bonds. The molecular formula is C14H19NO3. The topological polar surface area (TPSA) is 47.6 Å². The quantitative estimate of drug-likeness (QED) is 0.751. The van der Waals surface area contributed by atoms with Crippen LogP contribution in [0, 0.1) is 0 Å². The fourth-order valence-electron chi connectivity index (χ4n) is 1.52. The van der Waals surface area contributed by atoms with Crippen LogP contribution in [0.25, 0.3) is 0 Å². The zero-order chi connectivity index (χ0) is 13.4. The number of benzene rings is 1. The minimum Gasteiger partial charge on any atom is -0.493 e. The summed E-state index contributed by atoms with van der Waals surface area (Å²) in [5, 5.41) is 2.67. The molecule has 0 atom stereocenters. The second kappa shape index (κ2) is 7.37. The van der Waals surface area contributed by atoms with Gasteiger partial charge in [-0.3, -0.25) is 4.79 Å². The highest BCUT2D eigenvalue weighted by Crippen LogP contribution is 2.28. The van der Waals surface area contributed by atoms with Crippen LogP contribution in [0.5, 0.6) is 11.5 Å². The van der Waals surface area contributed by atoms with Crippen LogP contribution in [0.4, 0.5) is 0 Å². The number of rotatable bonds is 7. The molecule has 0 aromatic heterocycles. The second-order valence-electron chi connectivity index (χ2n) is 3.72. The van der Waals surface area contributed by atoms with Gasteiger partial charge in [0.1, 0.15) is 0 Å². The molecule has 0 aliphatic rings. The van der Waals surface area contributed by atoms with Crippen molar-refractivity contribution in [1.29, 1.82) is 0 Å². The molecular weight excluding hydrogens is 230 g/mol. The Morgan fingerprint density at radius 3 is 2.83 bits per heavy atom. The molecule has 0 aliphatic heterocycles. The third kappa shape index (κ3) is 4.13. The van der Waals surface area contributed by atoms with Gasteiger partial charge in [-0.05, 0) is 31.0 Å². The zero-order valence-electron chi connectivity index (χ0n) is 10.9. The third-order valence-corrected chi connectivity index (χ3v) is 2.34. The molecule has 98 valence electrons. The SMILES string of the molecule is C=CCc1ccc(OCC(=O)NCC)c(OC)c1. The molecule has 0 saturated carbocycles. The molecule has 4 nitrogen and oxygen atoms in total. The Kier molecular flexibility index (Phi) is 5.77. The molecule has 0 aliphatic carbocycles. The fourth-order valence-corrected chi connectivity index (χ4v) is 1.52. The summed E-state index contributed by atoms with van der Waals surface area (Å²) in [7, 11) is 1.58. The van der Waals surface area contributed by atoms with Gasteiger partial charge in [0, 0.05) is 6.54 Å². The van der Waals surface area contributed by atoms with E-state index in [-0.39, 0.29) is 12.5 Å². The highest BCUT2D eigenvalue weighted by atomic mass is 16.5. The molecule has 0 spiro atoms. The molecule has 0 saturated heterocycles. The summed E-state index contributed by atoms with van der Waals surface area (Å²) in [5.41, 5.74) is 1.09. The molecule has 1 aromatic rings. The number of carbonyl (C=O) groups is 1. The lowest BCUT2D eigenvalue weighted by molar-refractivity contribution is -0.123. The van der Waals surface area contributed by atoms with E-state index in [1.54, 1.807) is 13.2 Å². The van der Waals surface area contributed by atoms with Gasteiger partial charge in [0.15, 0.2) is 18.1 Å². The fraction of sp³-hybridized carbons (Fsp3) is 0.357. The van der Waals surface area contributed by atoms with Gasteiger partial charge in [0.25, 0.3) is 5.91 Å². The largest absolute Gasteiger partial charge is 0.493 e. The Balaban J connectivity index is 2.70. The summed E-state index contributed by atoms with van der Waals surface area (Å²) in [5.74, 6) is 1.05. The molecule has 1 rings (SSSR count). The predicted octanol–water partition coefficient (Wildman–Crippen LogP) is 1.94. The van der Waals surface area contributed by atoms with Crippen molar-refractivity contribution in [3.8, 4) is 11.5 Å². The second-order valence-corrected chi connectivity index (χ2v) is 3.72. The van der Waals surface area contributed by atoms with E-state index in [0.29, 0.717) is 18.0 Å². The number of hydrogen-bond acceptors (Lipinski definition) is 3. The van der Waals surface area contributed by atoms with Crippen LogP contribution in [0.15, 0.2) is 30.9 Å². The Labute approximate surface area is 108 Å². The molecule has 0 radical (unpaired) electrons. The third-order valence-electron chi connectivity index (χ3n) is 2.34. The van der Waals surface area contributed by atoms with Gasteiger partial charge < -0.3 is 14.8 Å². The molecule has 0 unspecified atom stereocenters. The minimum absolute atomic E-state index is 0.00892. The average Bonchev–Trinajstić information content (AvgIpc) is 2.37. The van der Waals surface area contributed by atoms with E-state index in [1.807, 2.05) is 25.1 Å². The van der Waals surface area contributed by atoms with Gasteiger partial charge in [-0.15, -0.1) is 6.58 Å². The van der Waals surface area contributed by atoms with E-state index in [0.717, 1.165) is 12.0 Å². The highest BCUT2D eigenvalue weighted by Gasteiger charge is 2.07. The normalized spacial score (nSPS) is 9.67. The van der Waals surface area contributed by atoms with Crippen molar-refractivity contribution in [2.75, 3.05) is 20.3 Å². The molecule has 0 heterocycles. The van der Waals surface area contributed by atoms with Crippen LogP contribution in [0.3, 0.4) is 0 Å². The standard InChI is InChI=1S/C14H19NO3/c1-4-6-11-7-8-12(13(9-11)17-3)18-10-14(16)15-5-2/h4,7-9H,1,5-6,10H2,2-3H3,(H,15,16). The Hall–Kier alpha value is -1.97. The van der Waals surface area contributed by atoms with Crippen molar-refractivity contribution in [1.82, 2.24) is 5.32 Å². The minimum atomic E-state index is -0.144. The summed E-state index contributed by atoms with van der Waals surface area (Å²) < 4.78 is 10.6. The van der Waals surface area contributed by atoms with E-state index in [1.165, 1.54) is 0 Å². The maximum Gasteiger partial charge on any atom is 0.257 e. The summed E-state index contributed by atoms with van der Waals surface area (Å²) in [6.07, 6.45) is 2.59. The van der Waals surface area contributed by atoms with Crippen molar-refractivity contribution >= 4 is 5.91 Å². The lowest BCUT2D eigenvalue weighted by Gasteiger charge is -2.11.